The van der Waals surface area contributed by atoms with Gasteiger partial charge in [-0.15, -0.1) is 0 Å². The third-order valence-corrected chi connectivity index (χ3v) is 8.29. The number of unbranched alkanes of at least 4 members (excludes halogenated alkanes) is 7. The fourth-order valence-corrected chi connectivity index (χ4v) is 5.20. The Morgan fingerprint density at radius 1 is 0.627 bits per heavy atom. The molecule has 0 aromatic heterocycles. The Hall–Kier alpha value is -2.81. The van der Waals surface area contributed by atoms with Crippen LogP contribution in [-0.4, -0.2) is 54.3 Å². The van der Waals surface area contributed by atoms with Crippen LogP contribution in [0.25, 0.3) is 0 Å². The van der Waals surface area contributed by atoms with Crippen molar-refractivity contribution in [3.8, 4) is 0 Å². The van der Waals surface area contributed by atoms with E-state index < -0.39 is 26.5 Å². The van der Waals surface area contributed by atoms with Crippen molar-refractivity contribution in [1.29, 1.82) is 0 Å². The summed E-state index contributed by atoms with van der Waals surface area (Å²) >= 11 is 0. The van der Waals surface area contributed by atoms with Crippen molar-refractivity contribution in [2.75, 3.05) is 26.4 Å². The smallest absolute Gasteiger partial charge is 0.463 e. The average Bonchev–Trinajstić information content (AvgIpc) is 3.11. The summed E-state index contributed by atoms with van der Waals surface area (Å²) in [4.78, 5) is 33.7. The van der Waals surface area contributed by atoms with Gasteiger partial charge in [0, 0.05) is 19.4 Å². The van der Waals surface area contributed by atoms with E-state index in [9.17, 15) is 24.2 Å². The Balaban J connectivity index is 3.77. The molecule has 0 saturated heterocycles. The molecule has 1 amide bonds. The number of nitrogens with one attached hydrogen (secondary N) is 1. The minimum absolute atomic E-state index is 0.0437. The highest BCUT2D eigenvalue weighted by Crippen LogP contribution is 2.42. The molecule has 0 radical (unpaired) electrons. The summed E-state index contributed by atoms with van der Waals surface area (Å²) in [5.74, 6) is -0.614. The molecule has 0 fully saturated rings. The van der Waals surface area contributed by atoms with Crippen LogP contribution in [0.1, 0.15) is 129 Å². The van der Waals surface area contributed by atoms with Gasteiger partial charge >= 0.3 is 13.8 Å². The van der Waals surface area contributed by atoms with Gasteiger partial charge in [0.1, 0.15) is 12.7 Å². The molecule has 0 bridgehead atoms. The number of amides is 1. The maximum atomic E-state index is 12.0. The number of phosphoric ester groups is 1. The Bertz CT molecular complexity index is 1110. The molecule has 0 aromatic rings. The first-order valence-electron chi connectivity index (χ1n) is 19.1. The Labute approximate surface area is 309 Å². The average molecular weight is 734 g/mol. The highest BCUT2D eigenvalue weighted by molar-refractivity contribution is 7.47. The summed E-state index contributed by atoms with van der Waals surface area (Å²) in [6, 6.07) is 0. The summed E-state index contributed by atoms with van der Waals surface area (Å²) in [5, 5.41) is 12.6. The number of carbonyl (C=O) groups is 2. The molecule has 0 aliphatic rings. The van der Waals surface area contributed by atoms with E-state index in [4.69, 9.17) is 13.8 Å². The highest BCUT2D eigenvalue weighted by atomic mass is 31.2. The zero-order valence-electron chi connectivity index (χ0n) is 31.5. The summed E-state index contributed by atoms with van der Waals surface area (Å²) in [5.41, 5.74) is 0. The minimum Gasteiger partial charge on any atom is -0.463 e. The number of aliphatic hydroxyl groups excluding tert-OH is 1. The third-order valence-electron chi connectivity index (χ3n) is 7.31. The fourth-order valence-electron chi connectivity index (χ4n) is 4.44. The number of allylic oxidation sites excluding steroid dienone is 14. The molecular formula is C41H68NO8P. The predicted molar refractivity (Wildman–Crippen MR) is 210 cm³/mol. The van der Waals surface area contributed by atoms with Crippen LogP contribution in [0, 0.1) is 0 Å². The van der Waals surface area contributed by atoms with Gasteiger partial charge in [-0.1, -0.05) is 118 Å². The van der Waals surface area contributed by atoms with E-state index in [1.807, 2.05) is 0 Å². The van der Waals surface area contributed by atoms with Gasteiger partial charge in [-0.05, 0) is 83.5 Å². The van der Waals surface area contributed by atoms with Crippen molar-refractivity contribution >= 4 is 19.7 Å². The number of ether oxygens (including phenoxy) is 1. The van der Waals surface area contributed by atoms with Crippen molar-refractivity contribution < 1.29 is 37.9 Å². The first kappa shape index (κ1) is 48.2. The van der Waals surface area contributed by atoms with E-state index in [0.29, 0.717) is 19.3 Å². The van der Waals surface area contributed by atoms with Gasteiger partial charge in [-0.2, -0.15) is 0 Å². The molecule has 51 heavy (non-hydrogen) atoms. The summed E-state index contributed by atoms with van der Waals surface area (Å²) in [6.07, 6.45) is 45.2. The zero-order valence-corrected chi connectivity index (χ0v) is 32.4. The van der Waals surface area contributed by atoms with Crippen LogP contribution < -0.4 is 5.32 Å². The van der Waals surface area contributed by atoms with Crippen LogP contribution >= 0.6 is 7.82 Å². The van der Waals surface area contributed by atoms with Crippen molar-refractivity contribution in [2.45, 2.75) is 136 Å². The molecule has 0 aliphatic carbocycles. The van der Waals surface area contributed by atoms with Gasteiger partial charge in [-0.25, -0.2) is 4.57 Å². The minimum atomic E-state index is -4.44. The third kappa shape index (κ3) is 38.3. The lowest BCUT2D eigenvalue weighted by Gasteiger charge is -2.15. The first-order chi connectivity index (χ1) is 24.8. The molecule has 3 N–H and O–H groups in total. The van der Waals surface area contributed by atoms with Gasteiger partial charge < -0.3 is 20.1 Å². The Morgan fingerprint density at radius 3 is 1.69 bits per heavy atom. The van der Waals surface area contributed by atoms with E-state index in [-0.39, 0.29) is 32.1 Å². The second kappa shape index (κ2) is 37.0. The highest BCUT2D eigenvalue weighted by Gasteiger charge is 2.23. The molecule has 2 atom stereocenters. The molecule has 0 spiro atoms. The molecule has 0 heterocycles. The lowest BCUT2D eigenvalue weighted by atomic mass is 10.1. The van der Waals surface area contributed by atoms with Gasteiger partial charge in [0.05, 0.1) is 13.2 Å². The molecule has 0 aliphatic heterocycles. The fraction of sp³-hybridized carbons (Fsp3) is 0.610. The van der Waals surface area contributed by atoms with Crippen molar-refractivity contribution in [3.63, 3.8) is 0 Å². The summed E-state index contributed by atoms with van der Waals surface area (Å²) < 4.78 is 26.7. The van der Waals surface area contributed by atoms with Gasteiger partial charge in [0.25, 0.3) is 0 Å². The summed E-state index contributed by atoms with van der Waals surface area (Å²) in [6.45, 7) is 3.27. The van der Waals surface area contributed by atoms with Crippen LogP contribution in [0.5, 0.6) is 0 Å². The van der Waals surface area contributed by atoms with Crippen LogP contribution in [0.4, 0.5) is 0 Å². The number of rotatable bonds is 34. The largest absolute Gasteiger partial charge is 0.472 e. The number of aliphatic hydroxyl groups is 1. The molecule has 2 unspecified atom stereocenters. The molecule has 290 valence electrons. The van der Waals surface area contributed by atoms with Crippen molar-refractivity contribution in [2.24, 2.45) is 0 Å². The van der Waals surface area contributed by atoms with Gasteiger partial charge in [0.2, 0.25) is 5.91 Å². The molecule has 0 aromatic carbocycles. The SMILES string of the molecule is CC/C=C\C/C=C\C/C=C\CCCCCC(=O)OCC(O)COP(=O)(O)OCCNC(=O)CCC/C=C\C/C=C\C/C=C\C/C=C\CCCCC. The normalized spacial score (nSPS) is 14.4. The number of hydrogen-bond acceptors (Lipinski definition) is 7. The number of esters is 1. The molecule has 0 rings (SSSR count). The second-order valence-corrected chi connectivity index (χ2v) is 13.6. The lowest BCUT2D eigenvalue weighted by Crippen LogP contribution is -2.27. The summed E-state index contributed by atoms with van der Waals surface area (Å²) in [7, 11) is -4.44. The van der Waals surface area contributed by atoms with Crippen LogP contribution in [0.15, 0.2) is 85.1 Å². The number of hydrogen-bond donors (Lipinski definition) is 3. The monoisotopic (exact) mass is 733 g/mol. The second-order valence-electron chi connectivity index (χ2n) is 12.2. The van der Waals surface area contributed by atoms with Crippen molar-refractivity contribution in [3.05, 3.63) is 85.1 Å². The van der Waals surface area contributed by atoms with E-state index in [1.54, 1.807) is 0 Å². The predicted octanol–water partition coefficient (Wildman–Crippen LogP) is 10.1. The zero-order chi connectivity index (χ0) is 37.5. The van der Waals surface area contributed by atoms with Gasteiger partial charge in [-0.3, -0.25) is 18.6 Å². The molecular weight excluding hydrogens is 665 g/mol. The quantitative estimate of drug-likeness (QED) is 0.0258. The standard InChI is InChI=1S/C41H68NO8P/c1-3-5-7-9-11-13-15-17-18-19-20-22-23-25-27-29-31-33-40(44)42-35-36-49-51(46,47)50-38-39(43)37-48-41(45)34-32-30-28-26-24-21-16-14-12-10-8-6-4-2/h6,8,11-14,17-18,20-22,24-25,27,39,43H,3-5,7,9-10,15-16,19,23,26,28-38H2,1-2H3,(H,42,44)(H,46,47)/b8-6-,13-11-,14-12-,18-17-,22-20-,24-21-,27-25-. The Kier molecular flexibility index (Phi) is 34.9. The lowest BCUT2D eigenvalue weighted by molar-refractivity contribution is -0.147. The molecule has 0 saturated carbocycles. The molecule has 9 nitrogen and oxygen atoms in total. The Morgan fingerprint density at radius 2 is 1.14 bits per heavy atom. The van der Waals surface area contributed by atoms with Crippen molar-refractivity contribution in [1.82, 2.24) is 5.32 Å². The van der Waals surface area contributed by atoms with Gasteiger partial charge in [0.15, 0.2) is 0 Å². The first-order valence-corrected chi connectivity index (χ1v) is 20.6. The van der Waals surface area contributed by atoms with Crippen LogP contribution in [0.3, 0.4) is 0 Å². The number of carbonyl (C=O) groups excluding carboxylic acids is 2. The van der Waals surface area contributed by atoms with E-state index in [2.05, 4.69) is 104 Å². The van der Waals surface area contributed by atoms with Crippen LogP contribution in [-0.2, 0) is 27.9 Å². The van der Waals surface area contributed by atoms with E-state index >= 15 is 0 Å². The number of phosphoric acid groups is 1. The topological polar surface area (TPSA) is 131 Å². The van der Waals surface area contributed by atoms with E-state index in [1.165, 1.54) is 25.7 Å². The van der Waals surface area contributed by atoms with Crippen LogP contribution in [0.2, 0.25) is 0 Å². The maximum absolute atomic E-state index is 12.0. The van der Waals surface area contributed by atoms with E-state index in [0.717, 1.165) is 64.2 Å². The maximum Gasteiger partial charge on any atom is 0.472 e. The molecule has 10 heteroatoms.